The van der Waals surface area contributed by atoms with Gasteiger partial charge in [-0.05, 0) is 54.4 Å². The van der Waals surface area contributed by atoms with Crippen molar-refractivity contribution in [2.45, 2.75) is 37.8 Å². The van der Waals surface area contributed by atoms with Gasteiger partial charge in [-0.1, -0.05) is 6.42 Å². The molecule has 1 aromatic heterocycles. The third kappa shape index (κ3) is 2.38. The Morgan fingerprint density at radius 2 is 2.00 bits per heavy atom. The zero-order valence-electron chi connectivity index (χ0n) is 10.7. The molecule has 2 atom stereocenters. The number of anilines is 1. The number of hydrogen-bond donors (Lipinski definition) is 0. The average Bonchev–Trinajstić information content (AvgIpc) is 2.48. The summed E-state index contributed by atoms with van der Waals surface area (Å²) in [4.78, 5) is 4.97. The maximum Gasteiger partial charge on any atom is 0.151 e. The third-order valence-electron chi connectivity index (χ3n) is 4.33. The number of nitrogens with zero attached hydrogens (tertiary/aromatic N) is 4. The lowest BCUT2D eigenvalue weighted by Gasteiger charge is -2.37. The summed E-state index contributed by atoms with van der Waals surface area (Å²) >= 11 is 3.34. The summed E-state index contributed by atoms with van der Waals surface area (Å²) in [5, 5.41) is 8.39. The van der Waals surface area contributed by atoms with Crippen molar-refractivity contribution in [3.05, 3.63) is 16.7 Å². The van der Waals surface area contributed by atoms with E-state index in [9.17, 15) is 0 Å². The summed E-state index contributed by atoms with van der Waals surface area (Å²) in [6, 6.07) is 5.48. The number of rotatable bonds is 1. The minimum absolute atomic E-state index is 0.677. The van der Waals surface area contributed by atoms with Crippen LogP contribution in [0.4, 0.5) is 5.82 Å². The molecule has 2 fully saturated rings. The lowest BCUT2D eigenvalue weighted by atomic mass is 9.96. The van der Waals surface area contributed by atoms with Crippen molar-refractivity contribution in [1.29, 1.82) is 0 Å². The molecular formula is C13H19BrN4. The molecule has 2 bridgehead atoms. The summed E-state index contributed by atoms with van der Waals surface area (Å²) in [6.45, 7) is 2.19. The van der Waals surface area contributed by atoms with Gasteiger partial charge in [0.25, 0.3) is 0 Å². The Balaban J connectivity index is 1.79. The molecule has 5 heteroatoms. The fourth-order valence-electron chi connectivity index (χ4n) is 3.20. The van der Waals surface area contributed by atoms with Crippen LogP contribution in [0, 0.1) is 0 Å². The first-order valence-electron chi connectivity index (χ1n) is 6.70. The maximum absolute atomic E-state index is 4.29. The van der Waals surface area contributed by atoms with E-state index >= 15 is 0 Å². The van der Waals surface area contributed by atoms with Gasteiger partial charge in [-0.2, -0.15) is 0 Å². The van der Waals surface area contributed by atoms with Gasteiger partial charge in [0.05, 0.1) is 0 Å². The van der Waals surface area contributed by atoms with Crippen LogP contribution < -0.4 is 4.90 Å². The SMILES string of the molecule is CN1C2CCCC1CN(c1ccc(Br)nn1)CC2. The molecule has 0 N–H and O–H groups in total. The van der Waals surface area contributed by atoms with E-state index < -0.39 is 0 Å². The minimum atomic E-state index is 0.677. The molecule has 2 aliphatic rings. The Morgan fingerprint density at radius 1 is 1.17 bits per heavy atom. The number of aromatic nitrogens is 2. The first kappa shape index (κ1) is 12.4. The highest BCUT2D eigenvalue weighted by molar-refractivity contribution is 9.10. The van der Waals surface area contributed by atoms with Gasteiger partial charge in [0, 0.05) is 25.2 Å². The van der Waals surface area contributed by atoms with Crippen LogP contribution in [0.15, 0.2) is 16.7 Å². The quantitative estimate of drug-likeness (QED) is 0.797. The smallest absolute Gasteiger partial charge is 0.151 e. The molecule has 3 heterocycles. The predicted octanol–water partition coefficient (Wildman–Crippen LogP) is 2.30. The van der Waals surface area contributed by atoms with Gasteiger partial charge in [-0.15, -0.1) is 10.2 Å². The zero-order valence-corrected chi connectivity index (χ0v) is 12.3. The fraction of sp³-hybridized carbons (Fsp3) is 0.692. The predicted molar refractivity (Wildman–Crippen MR) is 75.8 cm³/mol. The van der Waals surface area contributed by atoms with E-state index in [1.165, 1.54) is 25.7 Å². The molecule has 0 aromatic carbocycles. The largest absolute Gasteiger partial charge is 0.354 e. The van der Waals surface area contributed by atoms with Gasteiger partial charge in [0.1, 0.15) is 4.60 Å². The normalized spacial score (nSPS) is 29.1. The number of hydrogen-bond acceptors (Lipinski definition) is 4. The van der Waals surface area contributed by atoms with Crippen LogP contribution >= 0.6 is 15.9 Å². The van der Waals surface area contributed by atoms with Crippen LogP contribution in [0.1, 0.15) is 25.7 Å². The summed E-state index contributed by atoms with van der Waals surface area (Å²) < 4.78 is 0.803. The molecule has 1 aromatic rings. The number of halogens is 1. The minimum Gasteiger partial charge on any atom is -0.354 e. The highest BCUT2D eigenvalue weighted by atomic mass is 79.9. The van der Waals surface area contributed by atoms with Crippen LogP contribution in [0.5, 0.6) is 0 Å². The van der Waals surface area contributed by atoms with Crippen molar-refractivity contribution >= 4 is 21.7 Å². The van der Waals surface area contributed by atoms with E-state index in [-0.39, 0.29) is 0 Å². The molecule has 2 saturated heterocycles. The zero-order chi connectivity index (χ0) is 12.5. The van der Waals surface area contributed by atoms with Crippen molar-refractivity contribution < 1.29 is 0 Å². The Kier molecular flexibility index (Phi) is 3.52. The van der Waals surface area contributed by atoms with E-state index in [1.54, 1.807) is 0 Å². The van der Waals surface area contributed by atoms with E-state index in [2.05, 4.69) is 49.0 Å². The molecule has 4 nitrogen and oxygen atoms in total. The van der Waals surface area contributed by atoms with Crippen molar-refractivity contribution in [2.24, 2.45) is 0 Å². The Bertz CT molecular complexity index is 408. The summed E-state index contributed by atoms with van der Waals surface area (Å²) in [5.41, 5.74) is 0. The molecule has 3 rings (SSSR count). The topological polar surface area (TPSA) is 32.3 Å². The van der Waals surface area contributed by atoms with Crippen molar-refractivity contribution in [1.82, 2.24) is 15.1 Å². The second kappa shape index (κ2) is 5.13. The van der Waals surface area contributed by atoms with Crippen molar-refractivity contribution in [2.75, 3.05) is 25.0 Å². The molecular weight excluding hydrogens is 292 g/mol. The molecule has 0 amide bonds. The number of fused-ring (bicyclic) bond motifs is 2. The lowest BCUT2D eigenvalue weighted by molar-refractivity contribution is 0.127. The molecule has 0 aliphatic carbocycles. The maximum atomic E-state index is 4.29. The van der Waals surface area contributed by atoms with Crippen molar-refractivity contribution in [3.8, 4) is 0 Å². The molecule has 0 spiro atoms. The number of likely N-dealkylation sites (N-methyl/N-ethyl adjacent to an activating group) is 1. The summed E-state index contributed by atoms with van der Waals surface area (Å²) in [5.74, 6) is 1.01. The lowest BCUT2D eigenvalue weighted by Crippen LogP contribution is -2.45. The molecule has 18 heavy (non-hydrogen) atoms. The summed E-state index contributed by atoms with van der Waals surface area (Å²) in [7, 11) is 2.28. The van der Waals surface area contributed by atoms with Crippen LogP contribution in [-0.4, -0.2) is 47.3 Å². The van der Waals surface area contributed by atoms with Gasteiger partial charge < -0.3 is 4.90 Å². The van der Waals surface area contributed by atoms with E-state index in [0.717, 1.165) is 29.6 Å². The average molecular weight is 311 g/mol. The standard InChI is InChI=1S/C13H19BrN4/c1-17-10-3-2-4-11(17)9-18(8-7-10)13-6-5-12(14)15-16-13/h5-6,10-11H,2-4,7-9H2,1H3. The molecule has 0 radical (unpaired) electrons. The van der Waals surface area contributed by atoms with Gasteiger partial charge in [0.2, 0.25) is 0 Å². The Labute approximate surface area is 116 Å². The molecule has 2 unspecified atom stereocenters. The van der Waals surface area contributed by atoms with Gasteiger partial charge in [0.15, 0.2) is 5.82 Å². The molecule has 2 aliphatic heterocycles. The van der Waals surface area contributed by atoms with Gasteiger partial charge >= 0.3 is 0 Å². The first-order chi connectivity index (χ1) is 8.74. The van der Waals surface area contributed by atoms with E-state index in [0.29, 0.717) is 6.04 Å². The second-order valence-electron chi connectivity index (χ2n) is 5.35. The second-order valence-corrected chi connectivity index (χ2v) is 6.17. The van der Waals surface area contributed by atoms with E-state index in [4.69, 9.17) is 0 Å². The van der Waals surface area contributed by atoms with Crippen molar-refractivity contribution in [3.63, 3.8) is 0 Å². The Hall–Kier alpha value is -0.680. The third-order valence-corrected chi connectivity index (χ3v) is 4.75. The van der Waals surface area contributed by atoms with Gasteiger partial charge in [-0.3, -0.25) is 4.90 Å². The van der Waals surface area contributed by atoms with Crippen LogP contribution in [0.25, 0.3) is 0 Å². The summed E-state index contributed by atoms with van der Waals surface area (Å²) in [6.07, 6.45) is 5.28. The van der Waals surface area contributed by atoms with Crippen LogP contribution in [-0.2, 0) is 0 Å². The first-order valence-corrected chi connectivity index (χ1v) is 7.49. The number of piperidine rings is 1. The highest BCUT2D eigenvalue weighted by Crippen LogP contribution is 2.28. The molecule has 0 saturated carbocycles. The van der Waals surface area contributed by atoms with E-state index in [1.807, 2.05) is 6.07 Å². The van der Waals surface area contributed by atoms with Gasteiger partial charge in [-0.25, -0.2) is 0 Å². The Morgan fingerprint density at radius 3 is 2.78 bits per heavy atom. The molecule has 98 valence electrons. The van der Waals surface area contributed by atoms with Crippen LogP contribution in [0.3, 0.4) is 0 Å². The highest BCUT2D eigenvalue weighted by Gasteiger charge is 2.32. The monoisotopic (exact) mass is 310 g/mol. The fourth-order valence-corrected chi connectivity index (χ4v) is 3.41. The van der Waals surface area contributed by atoms with Crippen LogP contribution in [0.2, 0.25) is 0 Å².